The monoisotopic (exact) mass is 380 g/mol. The van der Waals surface area contributed by atoms with Crippen molar-refractivity contribution < 1.29 is 4.39 Å². The van der Waals surface area contributed by atoms with Crippen molar-refractivity contribution in [2.45, 2.75) is 24.8 Å². The number of aromatic nitrogens is 4. The summed E-state index contributed by atoms with van der Waals surface area (Å²) in [4.78, 5) is 12.8. The van der Waals surface area contributed by atoms with Crippen LogP contribution in [-0.2, 0) is 5.75 Å². The molecule has 2 heterocycles. The van der Waals surface area contributed by atoms with Crippen molar-refractivity contribution in [2.75, 3.05) is 0 Å². The molecular formula is C20H17FN4OS. The maximum absolute atomic E-state index is 13.3. The van der Waals surface area contributed by atoms with Gasteiger partial charge in [0.15, 0.2) is 5.16 Å². The minimum Gasteiger partial charge on any atom is -0.280 e. The number of thioether (sulfide) groups is 1. The maximum atomic E-state index is 13.3. The molecule has 0 N–H and O–H groups in total. The van der Waals surface area contributed by atoms with Crippen LogP contribution in [0.25, 0.3) is 11.3 Å². The van der Waals surface area contributed by atoms with Crippen LogP contribution in [-0.4, -0.2) is 19.2 Å². The Balaban J connectivity index is 1.67. The fraction of sp³-hybridized carbons (Fsp3) is 0.150. The smallest absolute Gasteiger partial charge is 0.280 e. The number of halogens is 1. The molecule has 0 radical (unpaired) electrons. The summed E-state index contributed by atoms with van der Waals surface area (Å²) in [5.41, 5.74) is 3.96. The number of hydrogen-bond acceptors (Lipinski definition) is 4. The van der Waals surface area contributed by atoms with Gasteiger partial charge in [-0.3, -0.25) is 13.8 Å². The zero-order valence-corrected chi connectivity index (χ0v) is 15.7. The summed E-state index contributed by atoms with van der Waals surface area (Å²) in [6, 6.07) is 12.3. The van der Waals surface area contributed by atoms with E-state index in [0.29, 0.717) is 10.9 Å². The van der Waals surface area contributed by atoms with E-state index in [0.717, 1.165) is 16.8 Å². The summed E-state index contributed by atoms with van der Waals surface area (Å²) in [5, 5.41) is 8.78. The highest BCUT2D eigenvalue weighted by molar-refractivity contribution is 7.98. The van der Waals surface area contributed by atoms with E-state index in [2.05, 4.69) is 10.2 Å². The second kappa shape index (κ2) is 7.00. The Morgan fingerprint density at radius 1 is 1.04 bits per heavy atom. The van der Waals surface area contributed by atoms with E-state index in [9.17, 15) is 9.18 Å². The number of aryl methyl sites for hydroxylation is 2. The SMILES string of the molecule is Cc1ccc(-n2ccn3c(SCc4cccc(F)c4)nnc3c2=O)cc1C. The Labute approximate surface area is 159 Å². The Morgan fingerprint density at radius 2 is 1.89 bits per heavy atom. The summed E-state index contributed by atoms with van der Waals surface area (Å²) in [6.07, 6.45) is 3.49. The van der Waals surface area contributed by atoms with E-state index in [1.807, 2.05) is 38.1 Å². The van der Waals surface area contributed by atoms with Crippen molar-refractivity contribution in [3.05, 3.63) is 87.7 Å². The molecule has 0 amide bonds. The Bertz CT molecular complexity index is 1200. The highest BCUT2D eigenvalue weighted by Crippen LogP contribution is 2.21. The first kappa shape index (κ1) is 17.5. The zero-order valence-electron chi connectivity index (χ0n) is 14.9. The normalized spacial score (nSPS) is 11.2. The Kier molecular flexibility index (Phi) is 4.53. The summed E-state index contributed by atoms with van der Waals surface area (Å²) in [7, 11) is 0. The van der Waals surface area contributed by atoms with E-state index in [-0.39, 0.29) is 17.0 Å². The molecule has 0 fully saturated rings. The lowest BCUT2D eigenvalue weighted by molar-refractivity contribution is 0.626. The van der Waals surface area contributed by atoms with E-state index in [1.54, 1.807) is 27.4 Å². The molecule has 7 heteroatoms. The van der Waals surface area contributed by atoms with Crippen molar-refractivity contribution >= 4 is 17.4 Å². The predicted octanol–water partition coefficient (Wildman–Crippen LogP) is 3.93. The second-order valence-corrected chi connectivity index (χ2v) is 7.28. The van der Waals surface area contributed by atoms with Gasteiger partial charge in [-0.2, -0.15) is 0 Å². The second-order valence-electron chi connectivity index (χ2n) is 6.34. The van der Waals surface area contributed by atoms with Crippen molar-refractivity contribution in [1.82, 2.24) is 19.2 Å². The summed E-state index contributed by atoms with van der Waals surface area (Å²) < 4.78 is 16.5. The molecule has 0 saturated heterocycles. The van der Waals surface area contributed by atoms with Gasteiger partial charge in [-0.25, -0.2) is 4.39 Å². The van der Waals surface area contributed by atoms with Gasteiger partial charge in [0.05, 0.1) is 0 Å². The summed E-state index contributed by atoms with van der Waals surface area (Å²) >= 11 is 1.41. The van der Waals surface area contributed by atoms with Gasteiger partial charge in [0.25, 0.3) is 0 Å². The van der Waals surface area contributed by atoms with Crippen LogP contribution < -0.4 is 5.56 Å². The zero-order chi connectivity index (χ0) is 19.0. The standard InChI is InChI=1S/C20H17FN4OS/c1-13-6-7-17(10-14(13)2)24-8-9-25-18(19(24)26)22-23-20(25)27-12-15-4-3-5-16(21)11-15/h3-11H,12H2,1-2H3. The van der Waals surface area contributed by atoms with Crippen LogP contribution in [0.2, 0.25) is 0 Å². The first-order valence-corrected chi connectivity index (χ1v) is 9.43. The quantitative estimate of drug-likeness (QED) is 0.504. The average molecular weight is 380 g/mol. The van der Waals surface area contributed by atoms with Gasteiger partial charge in [0, 0.05) is 23.8 Å². The third-order valence-corrected chi connectivity index (χ3v) is 5.48. The molecule has 0 aliphatic heterocycles. The van der Waals surface area contributed by atoms with Crippen LogP contribution in [0, 0.1) is 19.7 Å². The minimum absolute atomic E-state index is 0.231. The molecule has 2 aromatic carbocycles. The number of nitrogens with zero attached hydrogens (tertiary/aromatic N) is 4. The lowest BCUT2D eigenvalue weighted by Gasteiger charge is -2.08. The van der Waals surface area contributed by atoms with Crippen molar-refractivity contribution in [1.29, 1.82) is 0 Å². The van der Waals surface area contributed by atoms with Crippen LogP contribution in [0.4, 0.5) is 4.39 Å². The first-order chi connectivity index (χ1) is 13.0. The molecule has 0 atom stereocenters. The summed E-state index contributed by atoms with van der Waals surface area (Å²) in [5.74, 6) is 0.272. The Morgan fingerprint density at radius 3 is 2.67 bits per heavy atom. The molecule has 0 bridgehead atoms. The minimum atomic E-state index is -0.268. The lowest BCUT2D eigenvalue weighted by Crippen LogP contribution is -2.20. The molecule has 4 aromatic rings. The molecular weight excluding hydrogens is 363 g/mol. The van der Waals surface area contributed by atoms with E-state index >= 15 is 0 Å². The maximum Gasteiger partial charge on any atom is 0.300 e. The van der Waals surface area contributed by atoms with Crippen LogP contribution in [0.15, 0.2) is 64.8 Å². The third kappa shape index (κ3) is 3.38. The molecule has 27 heavy (non-hydrogen) atoms. The van der Waals surface area contributed by atoms with Gasteiger partial charge in [0.2, 0.25) is 5.65 Å². The highest BCUT2D eigenvalue weighted by atomic mass is 32.2. The van der Waals surface area contributed by atoms with Gasteiger partial charge in [-0.1, -0.05) is 30.0 Å². The van der Waals surface area contributed by atoms with Gasteiger partial charge >= 0.3 is 5.56 Å². The van der Waals surface area contributed by atoms with E-state index < -0.39 is 0 Å². The molecule has 0 aliphatic rings. The molecule has 0 unspecified atom stereocenters. The molecule has 0 saturated carbocycles. The molecule has 5 nitrogen and oxygen atoms in total. The largest absolute Gasteiger partial charge is 0.300 e. The molecule has 136 valence electrons. The van der Waals surface area contributed by atoms with E-state index in [1.165, 1.54) is 29.5 Å². The molecule has 0 spiro atoms. The fourth-order valence-corrected chi connectivity index (χ4v) is 3.68. The van der Waals surface area contributed by atoms with Crippen molar-refractivity contribution in [3.8, 4) is 5.69 Å². The van der Waals surface area contributed by atoms with Crippen LogP contribution in [0.5, 0.6) is 0 Å². The van der Waals surface area contributed by atoms with Gasteiger partial charge < -0.3 is 0 Å². The number of fused-ring (bicyclic) bond motifs is 1. The van der Waals surface area contributed by atoms with Crippen molar-refractivity contribution in [3.63, 3.8) is 0 Å². The highest BCUT2D eigenvalue weighted by Gasteiger charge is 2.12. The number of benzene rings is 2. The van der Waals surface area contributed by atoms with Crippen LogP contribution in [0.1, 0.15) is 16.7 Å². The fourth-order valence-electron chi connectivity index (χ4n) is 2.82. The first-order valence-electron chi connectivity index (χ1n) is 8.44. The molecule has 4 rings (SSSR count). The van der Waals surface area contributed by atoms with Gasteiger partial charge in [-0.05, 0) is 54.8 Å². The topological polar surface area (TPSA) is 52.2 Å². The van der Waals surface area contributed by atoms with Crippen LogP contribution >= 0.6 is 11.8 Å². The molecule has 2 aromatic heterocycles. The lowest BCUT2D eigenvalue weighted by atomic mass is 10.1. The third-order valence-electron chi connectivity index (χ3n) is 4.47. The molecule has 0 aliphatic carbocycles. The van der Waals surface area contributed by atoms with E-state index in [4.69, 9.17) is 0 Å². The predicted molar refractivity (Wildman–Crippen MR) is 104 cm³/mol. The van der Waals surface area contributed by atoms with Gasteiger partial charge in [0.1, 0.15) is 5.82 Å². The van der Waals surface area contributed by atoms with Crippen LogP contribution in [0.3, 0.4) is 0 Å². The Hall–Kier alpha value is -2.93. The van der Waals surface area contributed by atoms with Crippen molar-refractivity contribution in [2.24, 2.45) is 0 Å². The number of rotatable bonds is 4. The number of hydrogen-bond donors (Lipinski definition) is 0. The summed E-state index contributed by atoms with van der Waals surface area (Å²) in [6.45, 7) is 4.05. The average Bonchev–Trinajstić information content (AvgIpc) is 3.07. The van der Waals surface area contributed by atoms with Gasteiger partial charge in [-0.15, -0.1) is 10.2 Å².